The number of alkyl halides is 9. The van der Waals surface area contributed by atoms with Gasteiger partial charge in [-0.25, -0.2) is 14.4 Å². The van der Waals surface area contributed by atoms with Crippen LogP contribution in [0, 0.1) is 47.5 Å². The van der Waals surface area contributed by atoms with Gasteiger partial charge in [0.05, 0.1) is 39.8 Å². The van der Waals surface area contributed by atoms with Gasteiger partial charge in [-0.3, -0.25) is 19.5 Å². The van der Waals surface area contributed by atoms with Gasteiger partial charge < -0.3 is 36.4 Å². The molecule has 0 aromatic heterocycles. The van der Waals surface area contributed by atoms with E-state index >= 15 is 0 Å². The minimum absolute atomic E-state index is 0.00126. The third kappa shape index (κ3) is 41.1. The number of thioether (sulfide) groups is 1. The minimum atomic E-state index is -4.42. The Labute approximate surface area is 836 Å². The molecule has 142 heavy (non-hydrogen) atoms. The Morgan fingerprint density at radius 3 is 1.08 bits per heavy atom. The highest BCUT2D eigenvalue weighted by Gasteiger charge is 2.35. The van der Waals surface area contributed by atoms with Gasteiger partial charge in [0.1, 0.15) is 0 Å². The van der Waals surface area contributed by atoms with Gasteiger partial charge in [0.25, 0.3) is 0 Å². The average molecular weight is 1970 g/mol. The predicted molar refractivity (Wildman–Crippen MR) is 553 cm³/mol. The number of aliphatic carboxylic acids is 1. The first-order chi connectivity index (χ1) is 67.2. The number of aromatic carboxylic acids is 3. The molecule has 0 aliphatic rings. The summed E-state index contributed by atoms with van der Waals surface area (Å²) in [6.45, 7) is 34.6. The van der Waals surface area contributed by atoms with E-state index in [0.717, 1.165) is 147 Å². The number of nitrogens with one attached hydrogen (secondary N) is 3. The van der Waals surface area contributed by atoms with Crippen molar-refractivity contribution >= 4 is 35.6 Å². The zero-order valence-electron chi connectivity index (χ0n) is 83.6. The molecule has 14 nitrogen and oxygen atoms in total. The van der Waals surface area contributed by atoms with E-state index in [2.05, 4.69) is 196 Å². The molecule has 0 aliphatic carbocycles. The molecule has 0 radical (unpaired) electrons. The lowest BCUT2D eigenvalue weighted by molar-refractivity contribution is -0.139. The first kappa shape index (κ1) is 114. The van der Waals surface area contributed by atoms with Crippen LogP contribution in [0.4, 0.5) is 39.5 Å². The van der Waals surface area contributed by atoms with Crippen LogP contribution >= 0.6 is 11.8 Å². The van der Waals surface area contributed by atoms with Crippen LogP contribution in [0.3, 0.4) is 0 Å². The van der Waals surface area contributed by atoms with Crippen molar-refractivity contribution in [3.63, 3.8) is 0 Å². The second-order valence-electron chi connectivity index (χ2n) is 39.2. The second-order valence-corrected chi connectivity index (χ2v) is 40.3. The normalized spacial score (nSPS) is 12.0. The van der Waals surface area contributed by atoms with E-state index in [1.807, 2.05) is 61.2 Å². The molecule has 12 aromatic carbocycles. The second kappa shape index (κ2) is 55.0. The number of carboxylic acids is 4. The fourth-order valence-corrected chi connectivity index (χ4v) is 17.6. The molecular weight excluding hydrogens is 1830 g/mol. The Bertz CT molecular complexity index is 5930. The summed E-state index contributed by atoms with van der Waals surface area (Å²) >= 11 is 1.78. The SMILES string of the molecule is Cc1cc(CC(CCCNCc2cccc(CC(=O)O)c2)Cc2ccc(C(C)(C)C)cc2)cc(C(F)(F)F)c1.Cc1ccc(CNCCCN(Cc2ccc(C(=O)O)cc2)Cc2cc(C)ccc2C(F)(F)F)cc1.Cc1ccc(CNCCCN(Cc2ccc(C(=O)O)cc2)Cc2ccc(C(C)(C)C)cc2)cc1.Cc1ccc(CSCCN(Cc2ccc(C(=O)O)cc2)Cc2cc(C)cc(C(F)(F)F)c2)cc1. The maximum Gasteiger partial charge on any atom is 0.416 e. The van der Waals surface area contributed by atoms with Crippen molar-refractivity contribution in [2.24, 2.45) is 5.92 Å². The molecule has 1 atom stereocenters. The molecule has 0 saturated carbocycles. The third-order valence-corrected chi connectivity index (χ3v) is 25.4. The standard InChI is InChI=1S/C33H40F3NO2.C30H38N2O2.C28H31F3N2O2.C27H28F3NO2S/c1-23-15-28(20-30(16-23)33(34,35)36)19-25(17-24-10-12-29(13-11-24)32(2,3)4)9-6-14-37-22-27-8-5-7-26(18-27)21-31(38)39;1-23-6-8-24(9-7-23)20-31-18-5-19-32(21-25-10-14-27(15-11-25)29(33)34)22-26-12-16-28(17-13-26)30(2,3)4;1-20-4-7-22(8-5-20)17-32-14-3-15-33(18-23-9-11-24(12-10-23)27(34)35)19-25-16-21(2)6-13-26(25)28(29,30)31;1-19-3-5-22(6-4-19)18-34-12-11-31(16-21-7-9-24(10-8-21)26(32)33)17-23-13-20(2)14-25(15-23)27(28,29)30/h5,7-8,10-13,15-16,18,20,25,37H,6,9,14,17,19,21-22H2,1-4H3,(H,38,39);6-17,31H,5,18-22H2,1-4H3,(H,33,34);4-13,16,32H,3,14-15,17-19H2,1-2H3,(H,34,35);3-10,13-15H,11-12,16-18H2,1-2H3,(H,32,33). The van der Waals surface area contributed by atoms with Crippen LogP contribution in [0.15, 0.2) is 273 Å². The summed E-state index contributed by atoms with van der Waals surface area (Å²) in [5, 5.41) is 46.8. The summed E-state index contributed by atoms with van der Waals surface area (Å²) in [7, 11) is 0. The van der Waals surface area contributed by atoms with Crippen molar-refractivity contribution in [2.45, 2.75) is 222 Å². The fourth-order valence-electron chi connectivity index (χ4n) is 16.6. The van der Waals surface area contributed by atoms with Crippen molar-refractivity contribution in [1.82, 2.24) is 30.7 Å². The van der Waals surface area contributed by atoms with Crippen molar-refractivity contribution in [3.8, 4) is 0 Å². The number of halogens is 9. The molecule has 0 bridgehead atoms. The molecule has 24 heteroatoms. The van der Waals surface area contributed by atoms with Crippen molar-refractivity contribution < 1.29 is 79.1 Å². The number of aryl methyl sites for hydroxylation is 6. The Morgan fingerprint density at radius 2 is 0.669 bits per heavy atom. The van der Waals surface area contributed by atoms with Gasteiger partial charge in [0, 0.05) is 90.0 Å². The zero-order chi connectivity index (χ0) is 103. The van der Waals surface area contributed by atoms with E-state index in [-0.39, 0.29) is 46.4 Å². The van der Waals surface area contributed by atoms with Gasteiger partial charge in [-0.1, -0.05) is 281 Å². The van der Waals surface area contributed by atoms with E-state index < -0.39 is 59.1 Å². The molecule has 0 fully saturated rings. The van der Waals surface area contributed by atoms with Gasteiger partial charge in [-0.05, 0) is 267 Å². The summed E-state index contributed by atoms with van der Waals surface area (Å²) in [6, 6.07) is 83.5. The molecule has 1 unspecified atom stereocenters. The molecule has 12 rings (SSSR count). The number of nitrogens with zero attached hydrogens (tertiary/aromatic N) is 3. The molecule has 0 saturated heterocycles. The maximum absolute atomic E-state index is 13.6. The molecule has 0 spiro atoms. The number of rotatable bonds is 44. The zero-order valence-corrected chi connectivity index (χ0v) is 84.4. The van der Waals surface area contributed by atoms with Crippen molar-refractivity contribution in [3.05, 3.63) is 423 Å². The molecule has 0 aliphatic heterocycles. The third-order valence-electron chi connectivity index (χ3n) is 24.3. The van der Waals surface area contributed by atoms with Crippen LogP contribution in [-0.4, -0.2) is 104 Å². The summed E-state index contributed by atoms with van der Waals surface area (Å²) in [4.78, 5) is 50.9. The Morgan fingerprint density at radius 1 is 0.317 bits per heavy atom. The fraction of sp³-hybridized carbons (Fsp3) is 0.356. The lowest BCUT2D eigenvalue weighted by Crippen LogP contribution is -2.28. The van der Waals surface area contributed by atoms with Crippen LogP contribution in [-0.2, 0) is 118 Å². The van der Waals surface area contributed by atoms with E-state index in [0.29, 0.717) is 67.9 Å². The minimum Gasteiger partial charge on any atom is -0.481 e. The molecule has 7 N–H and O–H groups in total. The quantitative estimate of drug-likeness (QED) is 0.0141. The molecule has 0 amide bonds. The van der Waals surface area contributed by atoms with Gasteiger partial charge >= 0.3 is 42.4 Å². The molecular formula is C118H137F9N6O8S. The van der Waals surface area contributed by atoms with E-state index in [1.54, 1.807) is 93.2 Å². The van der Waals surface area contributed by atoms with Crippen LogP contribution in [0.1, 0.15) is 232 Å². The lowest BCUT2D eigenvalue weighted by Gasteiger charge is -2.25. The number of hydrogen-bond acceptors (Lipinski definition) is 11. The van der Waals surface area contributed by atoms with Crippen LogP contribution in [0.5, 0.6) is 0 Å². The summed E-state index contributed by atoms with van der Waals surface area (Å²) in [5.41, 5.74) is 19.8. The number of benzene rings is 12. The highest BCUT2D eigenvalue weighted by atomic mass is 32.2. The summed E-state index contributed by atoms with van der Waals surface area (Å²) < 4.78 is 121. The Kier molecular flexibility index (Phi) is 44.0. The summed E-state index contributed by atoms with van der Waals surface area (Å²) in [6.07, 6.45) is -8.22. The first-order valence-electron chi connectivity index (χ1n) is 48.2. The van der Waals surface area contributed by atoms with E-state index in [4.69, 9.17) is 15.3 Å². The van der Waals surface area contributed by atoms with Gasteiger partial charge in [-0.15, -0.1) is 0 Å². The van der Waals surface area contributed by atoms with Gasteiger partial charge in [0.15, 0.2) is 0 Å². The number of hydrogen-bond donors (Lipinski definition) is 7. The maximum atomic E-state index is 13.6. The monoisotopic (exact) mass is 1970 g/mol. The number of carboxylic acid groups (broad SMARTS) is 4. The Balaban J connectivity index is 0.000000212. The largest absolute Gasteiger partial charge is 0.481 e. The lowest BCUT2D eigenvalue weighted by atomic mass is 9.84. The number of carbonyl (C=O) groups is 4. The van der Waals surface area contributed by atoms with E-state index in [9.17, 15) is 63.8 Å². The van der Waals surface area contributed by atoms with Gasteiger partial charge in [0.2, 0.25) is 0 Å². The van der Waals surface area contributed by atoms with Crippen LogP contribution in [0.2, 0.25) is 0 Å². The van der Waals surface area contributed by atoms with Gasteiger partial charge in [-0.2, -0.15) is 51.3 Å². The highest BCUT2D eigenvalue weighted by Crippen LogP contribution is 2.37. The molecule has 12 aromatic rings. The summed E-state index contributed by atoms with van der Waals surface area (Å²) in [5.74, 6) is -1.85. The average Bonchev–Trinajstić information content (AvgIpc) is 0.817. The van der Waals surface area contributed by atoms with Crippen molar-refractivity contribution in [2.75, 3.05) is 45.0 Å². The van der Waals surface area contributed by atoms with E-state index in [1.165, 1.54) is 92.0 Å². The smallest absolute Gasteiger partial charge is 0.416 e. The Hall–Kier alpha value is -12.0. The topological polar surface area (TPSA) is 195 Å². The molecule has 756 valence electrons. The van der Waals surface area contributed by atoms with Crippen LogP contribution in [0.25, 0.3) is 0 Å². The molecule has 0 heterocycles. The van der Waals surface area contributed by atoms with Crippen molar-refractivity contribution in [1.29, 1.82) is 0 Å². The predicted octanol–water partition coefficient (Wildman–Crippen LogP) is 27.2. The highest BCUT2D eigenvalue weighted by molar-refractivity contribution is 7.98. The first-order valence-corrected chi connectivity index (χ1v) is 49.4. The van der Waals surface area contributed by atoms with Crippen LogP contribution < -0.4 is 16.0 Å².